The summed E-state index contributed by atoms with van der Waals surface area (Å²) in [4.78, 5) is 0. The number of benzene rings is 2. The SMILES string of the molecule is Cc1ccc(CCCl)cc1.Cc1ccccc1. The quantitative estimate of drug-likeness (QED) is 0.670. The van der Waals surface area contributed by atoms with Crippen molar-refractivity contribution in [3.8, 4) is 0 Å². The van der Waals surface area contributed by atoms with Gasteiger partial charge < -0.3 is 0 Å². The van der Waals surface area contributed by atoms with Crippen LogP contribution in [0.25, 0.3) is 0 Å². The van der Waals surface area contributed by atoms with E-state index in [1.165, 1.54) is 16.7 Å². The van der Waals surface area contributed by atoms with Crippen molar-refractivity contribution < 1.29 is 0 Å². The van der Waals surface area contributed by atoms with E-state index in [4.69, 9.17) is 11.6 Å². The van der Waals surface area contributed by atoms with Crippen LogP contribution >= 0.6 is 11.6 Å². The minimum atomic E-state index is 0.711. The lowest BCUT2D eigenvalue weighted by Gasteiger charge is -1.96. The van der Waals surface area contributed by atoms with E-state index in [0.29, 0.717) is 5.88 Å². The highest BCUT2D eigenvalue weighted by atomic mass is 35.5. The van der Waals surface area contributed by atoms with Gasteiger partial charge in [0.25, 0.3) is 0 Å². The van der Waals surface area contributed by atoms with Crippen LogP contribution < -0.4 is 0 Å². The van der Waals surface area contributed by atoms with E-state index in [1.807, 2.05) is 18.2 Å². The topological polar surface area (TPSA) is 0 Å². The normalized spacial score (nSPS) is 9.35. The molecule has 17 heavy (non-hydrogen) atoms. The Kier molecular flexibility index (Phi) is 6.42. The van der Waals surface area contributed by atoms with Gasteiger partial charge in [-0.05, 0) is 25.8 Å². The molecule has 90 valence electrons. The largest absolute Gasteiger partial charge is 0.126 e. The Labute approximate surface area is 109 Å². The molecule has 2 aromatic rings. The molecule has 1 heteroatoms. The molecule has 0 nitrogen and oxygen atoms in total. The number of halogens is 1. The molecule has 0 amide bonds. The summed E-state index contributed by atoms with van der Waals surface area (Å²) < 4.78 is 0. The fourth-order valence-electron chi connectivity index (χ4n) is 1.40. The predicted molar refractivity (Wildman–Crippen MR) is 76.8 cm³/mol. The third-order valence-electron chi connectivity index (χ3n) is 2.44. The lowest BCUT2D eigenvalue weighted by atomic mass is 10.1. The van der Waals surface area contributed by atoms with Crippen LogP contribution in [0, 0.1) is 13.8 Å². The third kappa shape index (κ3) is 6.13. The van der Waals surface area contributed by atoms with E-state index in [2.05, 4.69) is 50.2 Å². The molecular weight excluding hydrogens is 228 g/mol. The molecule has 0 atom stereocenters. The van der Waals surface area contributed by atoms with Crippen LogP contribution in [0.5, 0.6) is 0 Å². The zero-order valence-electron chi connectivity index (χ0n) is 10.5. The minimum Gasteiger partial charge on any atom is -0.126 e. The highest BCUT2D eigenvalue weighted by Crippen LogP contribution is 2.03. The Balaban J connectivity index is 0.000000181. The molecule has 2 rings (SSSR count). The van der Waals surface area contributed by atoms with Crippen LogP contribution in [0.1, 0.15) is 16.7 Å². The molecule has 0 aliphatic heterocycles. The fourth-order valence-corrected chi connectivity index (χ4v) is 1.62. The van der Waals surface area contributed by atoms with Crippen LogP contribution in [0.2, 0.25) is 0 Å². The second-order valence-electron chi connectivity index (χ2n) is 4.08. The Bertz CT molecular complexity index is 403. The maximum Gasteiger partial charge on any atom is 0.0263 e. The van der Waals surface area contributed by atoms with Gasteiger partial charge >= 0.3 is 0 Å². The fraction of sp³-hybridized carbons (Fsp3) is 0.250. The zero-order chi connectivity index (χ0) is 12.5. The third-order valence-corrected chi connectivity index (χ3v) is 2.63. The van der Waals surface area contributed by atoms with Gasteiger partial charge in [0.1, 0.15) is 0 Å². The first-order valence-electron chi connectivity index (χ1n) is 5.85. The van der Waals surface area contributed by atoms with Crippen molar-refractivity contribution in [3.63, 3.8) is 0 Å². The first-order chi connectivity index (χ1) is 8.22. The van der Waals surface area contributed by atoms with Crippen LogP contribution in [-0.4, -0.2) is 5.88 Å². The first-order valence-corrected chi connectivity index (χ1v) is 6.39. The Morgan fingerprint density at radius 1 is 0.765 bits per heavy atom. The minimum absolute atomic E-state index is 0.711. The number of hydrogen-bond acceptors (Lipinski definition) is 0. The smallest absolute Gasteiger partial charge is 0.0263 e. The van der Waals surface area contributed by atoms with Crippen molar-refractivity contribution in [1.29, 1.82) is 0 Å². The standard InChI is InChI=1S/C9H11Cl.C7H8/c1-8-2-4-9(5-3-8)6-7-10;1-7-5-3-2-4-6-7/h2-5H,6-7H2,1H3;2-6H,1H3. The number of rotatable bonds is 2. The number of alkyl halides is 1. The van der Waals surface area contributed by atoms with E-state index in [-0.39, 0.29) is 0 Å². The molecule has 0 aromatic heterocycles. The average molecular weight is 247 g/mol. The van der Waals surface area contributed by atoms with E-state index < -0.39 is 0 Å². The average Bonchev–Trinajstić information content (AvgIpc) is 2.34. The van der Waals surface area contributed by atoms with Crippen molar-refractivity contribution in [2.24, 2.45) is 0 Å². The van der Waals surface area contributed by atoms with E-state index >= 15 is 0 Å². The van der Waals surface area contributed by atoms with E-state index in [1.54, 1.807) is 0 Å². The van der Waals surface area contributed by atoms with Gasteiger partial charge in [0.05, 0.1) is 0 Å². The summed E-state index contributed by atoms with van der Waals surface area (Å²) in [7, 11) is 0. The van der Waals surface area contributed by atoms with Crippen molar-refractivity contribution in [3.05, 3.63) is 71.3 Å². The molecule has 0 N–H and O–H groups in total. The van der Waals surface area contributed by atoms with Crippen LogP contribution in [0.4, 0.5) is 0 Å². The molecule has 0 heterocycles. The summed E-state index contributed by atoms with van der Waals surface area (Å²) in [6.07, 6.45) is 0.974. The monoisotopic (exact) mass is 246 g/mol. The van der Waals surface area contributed by atoms with Crippen molar-refractivity contribution in [2.45, 2.75) is 20.3 Å². The highest BCUT2D eigenvalue weighted by Gasteiger charge is 1.88. The lowest BCUT2D eigenvalue weighted by molar-refractivity contribution is 1.14. The Morgan fingerprint density at radius 2 is 1.29 bits per heavy atom. The summed E-state index contributed by atoms with van der Waals surface area (Å²) in [5.41, 5.74) is 3.95. The van der Waals surface area contributed by atoms with E-state index in [0.717, 1.165) is 6.42 Å². The molecule has 2 aromatic carbocycles. The van der Waals surface area contributed by atoms with Crippen LogP contribution in [0.3, 0.4) is 0 Å². The molecule has 0 aliphatic rings. The molecule has 0 unspecified atom stereocenters. The summed E-state index contributed by atoms with van der Waals surface area (Å²) in [6.45, 7) is 4.17. The Morgan fingerprint density at radius 3 is 1.71 bits per heavy atom. The zero-order valence-corrected chi connectivity index (χ0v) is 11.2. The van der Waals surface area contributed by atoms with Crippen molar-refractivity contribution in [1.82, 2.24) is 0 Å². The maximum absolute atomic E-state index is 5.58. The van der Waals surface area contributed by atoms with Gasteiger partial charge in [-0.2, -0.15) is 0 Å². The van der Waals surface area contributed by atoms with Gasteiger partial charge in [0.2, 0.25) is 0 Å². The molecule has 0 spiro atoms. The molecule has 0 aliphatic carbocycles. The lowest BCUT2D eigenvalue weighted by Crippen LogP contribution is -1.84. The van der Waals surface area contributed by atoms with Gasteiger partial charge in [-0.25, -0.2) is 0 Å². The van der Waals surface area contributed by atoms with Gasteiger partial charge in [-0.3, -0.25) is 0 Å². The summed E-state index contributed by atoms with van der Waals surface area (Å²) in [5, 5.41) is 0. The molecule has 0 saturated heterocycles. The van der Waals surface area contributed by atoms with E-state index in [9.17, 15) is 0 Å². The van der Waals surface area contributed by atoms with Gasteiger partial charge in [0, 0.05) is 5.88 Å². The second-order valence-corrected chi connectivity index (χ2v) is 4.46. The van der Waals surface area contributed by atoms with Crippen LogP contribution in [-0.2, 0) is 6.42 Å². The second kappa shape index (κ2) is 7.92. The maximum atomic E-state index is 5.58. The summed E-state index contributed by atoms with van der Waals surface area (Å²) in [5.74, 6) is 0.711. The molecular formula is C16H19Cl. The highest BCUT2D eigenvalue weighted by molar-refractivity contribution is 6.17. The number of aryl methyl sites for hydroxylation is 3. The first kappa shape index (κ1) is 13.8. The molecule has 0 saturated carbocycles. The van der Waals surface area contributed by atoms with Crippen molar-refractivity contribution >= 4 is 11.6 Å². The molecule has 0 bridgehead atoms. The van der Waals surface area contributed by atoms with Gasteiger partial charge in [-0.1, -0.05) is 65.7 Å². The molecule has 0 radical (unpaired) electrons. The Hall–Kier alpha value is -1.27. The predicted octanol–water partition coefficient (Wildman–Crippen LogP) is 4.77. The summed E-state index contributed by atoms with van der Waals surface area (Å²) in [6, 6.07) is 18.7. The van der Waals surface area contributed by atoms with Gasteiger partial charge in [-0.15, -0.1) is 11.6 Å². The van der Waals surface area contributed by atoms with Crippen LogP contribution in [0.15, 0.2) is 54.6 Å². The molecule has 0 fully saturated rings. The summed E-state index contributed by atoms with van der Waals surface area (Å²) >= 11 is 5.58. The van der Waals surface area contributed by atoms with Crippen molar-refractivity contribution in [2.75, 3.05) is 5.88 Å². The number of hydrogen-bond donors (Lipinski definition) is 0. The van der Waals surface area contributed by atoms with Gasteiger partial charge in [0.15, 0.2) is 0 Å².